The van der Waals surface area contributed by atoms with Crippen LogP contribution in [0.25, 0.3) is 0 Å². The molecule has 0 saturated heterocycles. The standard InChI is InChI=1S/C20H20ClN3OS/c21-16-6-4-14(5-7-16)12-24-19-3-1-2-18(17(19)11-22-24)23-20(25)10-15-8-9-26-13-15/h4-9,11,13,18H,1-3,10,12H2,(H,23,25). The van der Waals surface area contributed by atoms with Gasteiger partial charge < -0.3 is 5.32 Å². The molecule has 0 fully saturated rings. The van der Waals surface area contributed by atoms with Crippen molar-refractivity contribution in [2.24, 2.45) is 0 Å². The molecule has 4 nitrogen and oxygen atoms in total. The van der Waals surface area contributed by atoms with E-state index in [1.165, 1.54) is 11.3 Å². The van der Waals surface area contributed by atoms with Crippen LogP contribution in [0.2, 0.25) is 5.02 Å². The van der Waals surface area contributed by atoms with E-state index in [1.54, 1.807) is 11.3 Å². The maximum Gasteiger partial charge on any atom is 0.224 e. The lowest BCUT2D eigenvalue weighted by atomic mass is 9.92. The van der Waals surface area contributed by atoms with Gasteiger partial charge in [0, 0.05) is 16.3 Å². The molecule has 1 unspecified atom stereocenters. The summed E-state index contributed by atoms with van der Waals surface area (Å²) in [5.74, 6) is 0.0756. The van der Waals surface area contributed by atoms with E-state index in [2.05, 4.69) is 15.1 Å². The first kappa shape index (κ1) is 17.3. The molecular weight excluding hydrogens is 366 g/mol. The van der Waals surface area contributed by atoms with Gasteiger partial charge in [-0.3, -0.25) is 9.48 Å². The number of benzene rings is 1. The Kier molecular flexibility index (Phi) is 5.09. The SMILES string of the molecule is O=C(Cc1ccsc1)NC1CCCc2c1cnn2Cc1ccc(Cl)cc1. The number of thiophene rings is 1. The minimum Gasteiger partial charge on any atom is -0.349 e. The highest BCUT2D eigenvalue weighted by molar-refractivity contribution is 7.08. The van der Waals surface area contributed by atoms with Crippen LogP contribution in [0.15, 0.2) is 47.3 Å². The molecule has 1 aliphatic carbocycles. The summed E-state index contributed by atoms with van der Waals surface area (Å²) in [4.78, 5) is 12.4. The maximum absolute atomic E-state index is 12.4. The Morgan fingerprint density at radius 1 is 1.27 bits per heavy atom. The van der Waals surface area contributed by atoms with Gasteiger partial charge in [0.2, 0.25) is 5.91 Å². The largest absolute Gasteiger partial charge is 0.349 e. The zero-order valence-corrected chi connectivity index (χ0v) is 15.9. The van der Waals surface area contributed by atoms with Gasteiger partial charge in [0.1, 0.15) is 0 Å². The van der Waals surface area contributed by atoms with Crippen LogP contribution in [0, 0.1) is 0 Å². The molecule has 6 heteroatoms. The zero-order chi connectivity index (χ0) is 17.9. The highest BCUT2D eigenvalue weighted by atomic mass is 35.5. The van der Waals surface area contributed by atoms with Gasteiger partial charge in [-0.05, 0) is 59.3 Å². The van der Waals surface area contributed by atoms with Crippen LogP contribution in [-0.4, -0.2) is 15.7 Å². The predicted octanol–water partition coefficient (Wildman–Crippen LogP) is 4.38. The van der Waals surface area contributed by atoms with E-state index >= 15 is 0 Å². The van der Waals surface area contributed by atoms with Crippen molar-refractivity contribution >= 4 is 28.8 Å². The lowest BCUT2D eigenvalue weighted by Gasteiger charge is -2.24. The van der Waals surface area contributed by atoms with Crippen molar-refractivity contribution in [2.75, 3.05) is 0 Å². The summed E-state index contributed by atoms with van der Waals surface area (Å²) in [7, 11) is 0. The number of nitrogens with one attached hydrogen (secondary N) is 1. The van der Waals surface area contributed by atoms with Crippen molar-refractivity contribution < 1.29 is 4.79 Å². The molecule has 4 rings (SSSR count). The summed E-state index contributed by atoms with van der Waals surface area (Å²) >= 11 is 7.58. The van der Waals surface area contributed by atoms with Crippen molar-refractivity contribution in [1.29, 1.82) is 0 Å². The Morgan fingerprint density at radius 2 is 2.12 bits per heavy atom. The normalized spacial score (nSPS) is 16.3. The van der Waals surface area contributed by atoms with Gasteiger partial charge in [-0.1, -0.05) is 23.7 Å². The van der Waals surface area contributed by atoms with Crippen LogP contribution >= 0.6 is 22.9 Å². The van der Waals surface area contributed by atoms with E-state index in [-0.39, 0.29) is 11.9 Å². The van der Waals surface area contributed by atoms with Gasteiger partial charge in [-0.2, -0.15) is 16.4 Å². The van der Waals surface area contributed by atoms with E-state index in [0.717, 1.165) is 42.0 Å². The number of hydrogen-bond donors (Lipinski definition) is 1. The van der Waals surface area contributed by atoms with Crippen LogP contribution in [-0.2, 0) is 24.2 Å². The number of rotatable bonds is 5. The number of aromatic nitrogens is 2. The molecule has 1 aliphatic rings. The maximum atomic E-state index is 12.4. The molecule has 0 saturated carbocycles. The summed E-state index contributed by atoms with van der Waals surface area (Å²) in [6.07, 6.45) is 5.38. The van der Waals surface area contributed by atoms with E-state index in [1.807, 2.05) is 47.3 Å². The second-order valence-corrected chi connectivity index (χ2v) is 7.87. The molecule has 1 aromatic carbocycles. The van der Waals surface area contributed by atoms with Crippen LogP contribution in [0.1, 0.15) is 41.3 Å². The first-order chi connectivity index (χ1) is 12.7. The second kappa shape index (κ2) is 7.64. The molecule has 0 bridgehead atoms. The third-order valence-corrected chi connectivity index (χ3v) is 5.77. The molecule has 26 heavy (non-hydrogen) atoms. The monoisotopic (exact) mass is 385 g/mol. The van der Waals surface area contributed by atoms with Crippen LogP contribution in [0.5, 0.6) is 0 Å². The van der Waals surface area contributed by atoms with Crippen molar-refractivity contribution in [1.82, 2.24) is 15.1 Å². The topological polar surface area (TPSA) is 46.9 Å². The smallest absolute Gasteiger partial charge is 0.224 e. The van der Waals surface area contributed by atoms with Gasteiger partial charge in [0.25, 0.3) is 0 Å². The zero-order valence-electron chi connectivity index (χ0n) is 14.3. The molecule has 1 amide bonds. The van der Waals surface area contributed by atoms with Gasteiger partial charge in [-0.15, -0.1) is 0 Å². The number of carbonyl (C=O) groups excluding carboxylic acids is 1. The average Bonchev–Trinajstić information content (AvgIpc) is 3.28. The minimum atomic E-state index is 0.0591. The third kappa shape index (κ3) is 3.84. The molecular formula is C20H20ClN3OS. The number of halogens is 1. The van der Waals surface area contributed by atoms with Crippen LogP contribution in [0.3, 0.4) is 0 Å². The van der Waals surface area contributed by atoms with E-state index in [9.17, 15) is 4.79 Å². The number of carbonyl (C=O) groups is 1. The average molecular weight is 386 g/mol. The molecule has 134 valence electrons. The fourth-order valence-electron chi connectivity index (χ4n) is 3.49. The first-order valence-electron chi connectivity index (χ1n) is 8.78. The number of hydrogen-bond acceptors (Lipinski definition) is 3. The molecule has 0 aliphatic heterocycles. The molecule has 3 aromatic rings. The molecule has 2 aromatic heterocycles. The van der Waals surface area contributed by atoms with Gasteiger partial charge in [0.15, 0.2) is 0 Å². The third-order valence-electron chi connectivity index (χ3n) is 4.79. The summed E-state index contributed by atoms with van der Waals surface area (Å²) in [5, 5.41) is 12.5. The highest BCUT2D eigenvalue weighted by Crippen LogP contribution is 2.30. The quantitative estimate of drug-likeness (QED) is 0.708. The predicted molar refractivity (Wildman–Crippen MR) is 105 cm³/mol. The van der Waals surface area contributed by atoms with Crippen molar-refractivity contribution in [3.63, 3.8) is 0 Å². The van der Waals surface area contributed by atoms with Crippen LogP contribution in [0.4, 0.5) is 0 Å². The lowest BCUT2D eigenvalue weighted by molar-refractivity contribution is -0.121. The fraction of sp³-hybridized carbons (Fsp3) is 0.300. The van der Waals surface area contributed by atoms with Crippen LogP contribution < -0.4 is 5.32 Å². The van der Waals surface area contributed by atoms with Gasteiger partial charge in [-0.25, -0.2) is 0 Å². The Bertz CT molecular complexity index is 886. The summed E-state index contributed by atoms with van der Waals surface area (Å²) in [5.41, 5.74) is 4.63. The highest BCUT2D eigenvalue weighted by Gasteiger charge is 2.25. The summed E-state index contributed by atoms with van der Waals surface area (Å²) in [6, 6.07) is 9.92. The fourth-order valence-corrected chi connectivity index (χ4v) is 4.29. The minimum absolute atomic E-state index is 0.0591. The Morgan fingerprint density at radius 3 is 2.88 bits per heavy atom. The second-order valence-electron chi connectivity index (χ2n) is 6.65. The number of amides is 1. The summed E-state index contributed by atoms with van der Waals surface area (Å²) in [6.45, 7) is 0.724. The van der Waals surface area contributed by atoms with Crippen molar-refractivity contribution in [3.05, 3.63) is 74.7 Å². The van der Waals surface area contributed by atoms with E-state index in [0.29, 0.717) is 6.42 Å². The molecule has 1 N–H and O–H groups in total. The van der Waals surface area contributed by atoms with E-state index in [4.69, 9.17) is 11.6 Å². The van der Waals surface area contributed by atoms with Gasteiger partial charge in [0.05, 0.1) is 25.2 Å². The molecule has 0 radical (unpaired) electrons. The lowest BCUT2D eigenvalue weighted by Crippen LogP contribution is -2.32. The van der Waals surface area contributed by atoms with Crippen molar-refractivity contribution in [3.8, 4) is 0 Å². The summed E-state index contributed by atoms with van der Waals surface area (Å²) < 4.78 is 2.05. The Balaban J connectivity index is 1.47. The van der Waals surface area contributed by atoms with Crippen molar-refractivity contribution in [2.45, 2.75) is 38.3 Å². The Hall–Kier alpha value is -2.11. The Labute approximate surface area is 161 Å². The molecule has 2 heterocycles. The van der Waals surface area contributed by atoms with E-state index < -0.39 is 0 Å². The van der Waals surface area contributed by atoms with Gasteiger partial charge >= 0.3 is 0 Å². The first-order valence-corrected chi connectivity index (χ1v) is 10.1. The molecule has 1 atom stereocenters. The number of nitrogens with zero attached hydrogens (tertiary/aromatic N) is 2. The molecule has 0 spiro atoms. The number of fused-ring (bicyclic) bond motifs is 1.